The number of nitrogens with zero attached hydrogens (tertiary/aromatic N) is 2. The average molecular weight is 307 g/mol. The van der Waals surface area contributed by atoms with Gasteiger partial charge in [-0.15, -0.1) is 0 Å². The molecule has 1 aliphatic heterocycles. The fourth-order valence-electron chi connectivity index (χ4n) is 2.21. The third-order valence-corrected chi connectivity index (χ3v) is 3.41. The monoisotopic (exact) mass is 307 g/mol. The maximum Gasteiger partial charge on any atom is 0.322 e. The summed E-state index contributed by atoms with van der Waals surface area (Å²) < 4.78 is 5.24. The lowest BCUT2D eigenvalue weighted by atomic mass is 10.2. The summed E-state index contributed by atoms with van der Waals surface area (Å²) >= 11 is 0. The van der Waals surface area contributed by atoms with Gasteiger partial charge in [-0.25, -0.2) is 4.79 Å². The van der Waals surface area contributed by atoms with Crippen LogP contribution in [0.1, 0.15) is 11.1 Å². The molecule has 0 radical (unpaired) electrons. The molecule has 2 aromatic rings. The Balaban J connectivity index is 1.68. The number of ether oxygens (including phenoxy) is 1. The van der Waals surface area contributed by atoms with Crippen LogP contribution in [0.3, 0.4) is 0 Å². The van der Waals surface area contributed by atoms with Gasteiger partial charge in [-0.1, -0.05) is 30.0 Å². The standard InChI is InChI=1S/C18H17N3O2/c22-18(21-8-10-23-11-9-21)20-17-12-16(13-19-14-17)7-6-15-4-2-1-3-5-15/h1-5,12-14H,8-11H2,(H,20,22). The van der Waals surface area contributed by atoms with Gasteiger partial charge in [-0.2, -0.15) is 0 Å². The van der Waals surface area contributed by atoms with E-state index in [9.17, 15) is 4.79 Å². The van der Waals surface area contributed by atoms with Gasteiger partial charge in [-0.3, -0.25) is 4.98 Å². The van der Waals surface area contributed by atoms with E-state index in [0.29, 0.717) is 32.0 Å². The number of hydrogen-bond donors (Lipinski definition) is 1. The molecule has 0 aliphatic carbocycles. The second-order valence-corrected chi connectivity index (χ2v) is 5.11. The van der Waals surface area contributed by atoms with E-state index < -0.39 is 0 Å². The van der Waals surface area contributed by atoms with Crippen molar-refractivity contribution in [3.8, 4) is 11.8 Å². The Morgan fingerprint density at radius 1 is 1.09 bits per heavy atom. The van der Waals surface area contributed by atoms with E-state index in [2.05, 4.69) is 22.1 Å². The Labute approximate surface area is 135 Å². The fraction of sp³-hybridized carbons (Fsp3) is 0.222. The third kappa shape index (κ3) is 4.31. The first-order chi connectivity index (χ1) is 11.3. The molecule has 0 saturated carbocycles. The number of urea groups is 1. The molecule has 1 aliphatic rings. The van der Waals surface area contributed by atoms with Gasteiger partial charge >= 0.3 is 6.03 Å². The first-order valence-corrected chi connectivity index (χ1v) is 7.47. The van der Waals surface area contributed by atoms with Crippen molar-refractivity contribution in [2.75, 3.05) is 31.6 Å². The molecule has 2 heterocycles. The highest BCUT2D eigenvalue weighted by atomic mass is 16.5. The van der Waals surface area contributed by atoms with Gasteiger partial charge in [0.1, 0.15) is 0 Å². The number of morpholine rings is 1. The SMILES string of the molecule is O=C(Nc1cncc(C#Cc2ccccc2)c1)N1CCOCC1. The Bertz CT molecular complexity index is 729. The number of rotatable bonds is 1. The third-order valence-electron chi connectivity index (χ3n) is 3.41. The highest BCUT2D eigenvalue weighted by Gasteiger charge is 2.16. The Morgan fingerprint density at radius 3 is 2.61 bits per heavy atom. The molecule has 0 unspecified atom stereocenters. The normalized spacial score (nSPS) is 13.8. The number of amides is 2. The predicted molar refractivity (Wildman–Crippen MR) is 88.1 cm³/mol. The van der Waals surface area contributed by atoms with Crippen molar-refractivity contribution >= 4 is 11.7 Å². The van der Waals surface area contributed by atoms with E-state index in [4.69, 9.17) is 4.74 Å². The number of carbonyl (C=O) groups excluding carboxylic acids is 1. The van der Waals surface area contributed by atoms with E-state index in [1.165, 1.54) is 0 Å². The molecule has 23 heavy (non-hydrogen) atoms. The number of hydrogen-bond acceptors (Lipinski definition) is 3. The zero-order chi connectivity index (χ0) is 15.9. The molecule has 0 atom stereocenters. The number of anilines is 1. The van der Waals surface area contributed by atoms with Crippen LogP contribution in [0, 0.1) is 11.8 Å². The van der Waals surface area contributed by atoms with Gasteiger partial charge < -0.3 is 15.0 Å². The highest BCUT2D eigenvalue weighted by Crippen LogP contribution is 2.10. The summed E-state index contributed by atoms with van der Waals surface area (Å²) in [4.78, 5) is 18.0. The van der Waals surface area contributed by atoms with Crippen molar-refractivity contribution in [2.24, 2.45) is 0 Å². The van der Waals surface area contributed by atoms with Crippen molar-refractivity contribution in [3.05, 3.63) is 59.9 Å². The summed E-state index contributed by atoms with van der Waals surface area (Å²) in [7, 11) is 0. The second-order valence-electron chi connectivity index (χ2n) is 5.11. The maximum atomic E-state index is 12.2. The Kier molecular flexibility index (Phi) is 4.87. The molecular formula is C18H17N3O2. The summed E-state index contributed by atoms with van der Waals surface area (Å²) in [5.74, 6) is 6.13. The highest BCUT2D eigenvalue weighted by molar-refractivity contribution is 5.89. The molecule has 3 rings (SSSR count). The zero-order valence-electron chi connectivity index (χ0n) is 12.7. The number of aromatic nitrogens is 1. The first-order valence-electron chi connectivity index (χ1n) is 7.47. The summed E-state index contributed by atoms with van der Waals surface area (Å²) in [5.41, 5.74) is 2.34. The van der Waals surface area contributed by atoms with Crippen molar-refractivity contribution in [2.45, 2.75) is 0 Å². The molecule has 5 heteroatoms. The minimum Gasteiger partial charge on any atom is -0.378 e. The first kappa shape index (κ1) is 15.1. The topological polar surface area (TPSA) is 54.5 Å². The van der Waals surface area contributed by atoms with E-state index >= 15 is 0 Å². The van der Waals surface area contributed by atoms with E-state index in [0.717, 1.165) is 11.1 Å². The van der Waals surface area contributed by atoms with Crippen LogP contribution in [-0.2, 0) is 4.74 Å². The van der Waals surface area contributed by atoms with Crippen molar-refractivity contribution in [3.63, 3.8) is 0 Å². The maximum absolute atomic E-state index is 12.2. The molecular weight excluding hydrogens is 290 g/mol. The molecule has 1 fully saturated rings. The molecule has 0 spiro atoms. The predicted octanol–water partition coefficient (Wildman–Crippen LogP) is 2.35. The number of nitrogens with one attached hydrogen (secondary N) is 1. The van der Waals surface area contributed by atoms with Crippen LogP contribution >= 0.6 is 0 Å². The van der Waals surface area contributed by atoms with Gasteiger partial charge in [0.2, 0.25) is 0 Å². The number of carbonyl (C=O) groups is 1. The summed E-state index contributed by atoms with van der Waals surface area (Å²) in [6, 6.07) is 11.4. The van der Waals surface area contributed by atoms with Gasteiger partial charge in [0.15, 0.2) is 0 Å². The van der Waals surface area contributed by atoms with E-state index in [1.807, 2.05) is 36.4 Å². The summed E-state index contributed by atoms with van der Waals surface area (Å²) in [5, 5.41) is 2.85. The number of benzene rings is 1. The lowest BCUT2D eigenvalue weighted by molar-refractivity contribution is 0.0564. The van der Waals surface area contributed by atoms with Crippen molar-refractivity contribution < 1.29 is 9.53 Å². The minimum absolute atomic E-state index is 0.136. The quantitative estimate of drug-likeness (QED) is 0.823. The summed E-state index contributed by atoms with van der Waals surface area (Å²) in [6.45, 7) is 2.36. The lowest BCUT2D eigenvalue weighted by Gasteiger charge is -2.26. The van der Waals surface area contributed by atoms with Crippen molar-refractivity contribution in [1.82, 2.24) is 9.88 Å². The van der Waals surface area contributed by atoms with Crippen molar-refractivity contribution in [1.29, 1.82) is 0 Å². The van der Waals surface area contributed by atoms with Gasteiger partial charge in [0.25, 0.3) is 0 Å². The van der Waals surface area contributed by atoms with Gasteiger partial charge in [-0.05, 0) is 18.2 Å². The molecule has 0 bridgehead atoms. The molecule has 2 amide bonds. The summed E-state index contributed by atoms with van der Waals surface area (Å²) in [6.07, 6.45) is 3.30. The van der Waals surface area contributed by atoms with Gasteiger partial charge in [0.05, 0.1) is 25.1 Å². The molecule has 1 aromatic carbocycles. The lowest BCUT2D eigenvalue weighted by Crippen LogP contribution is -2.43. The van der Waals surface area contributed by atoms with Gasteiger partial charge in [0, 0.05) is 30.4 Å². The molecule has 5 nitrogen and oxygen atoms in total. The van der Waals surface area contributed by atoms with Crippen LogP contribution in [0.2, 0.25) is 0 Å². The molecule has 1 saturated heterocycles. The smallest absolute Gasteiger partial charge is 0.322 e. The van der Waals surface area contributed by atoms with Crippen LogP contribution < -0.4 is 5.32 Å². The molecule has 1 N–H and O–H groups in total. The fourth-order valence-corrected chi connectivity index (χ4v) is 2.21. The van der Waals surface area contributed by atoms with Crippen LogP contribution in [0.15, 0.2) is 48.8 Å². The van der Waals surface area contributed by atoms with Crippen LogP contribution in [0.4, 0.5) is 10.5 Å². The van der Waals surface area contributed by atoms with Crippen LogP contribution in [0.5, 0.6) is 0 Å². The molecule has 116 valence electrons. The van der Waals surface area contributed by atoms with Crippen LogP contribution in [-0.4, -0.2) is 42.2 Å². The Hall–Kier alpha value is -2.84. The minimum atomic E-state index is -0.136. The van der Waals surface area contributed by atoms with E-state index in [1.54, 1.807) is 17.3 Å². The number of pyridine rings is 1. The van der Waals surface area contributed by atoms with E-state index in [-0.39, 0.29) is 6.03 Å². The Morgan fingerprint density at radius 2 is 1.83 bits per heavy atom. The zero-order valence-corrected chi connectivity index (χ0v) is 12.7. The second kappa shape index (κ2) is 7.43. The van der Waals surface area contributed by atoms with Crippen LogP contribution in [0.25, 0.3) is 0 Å². The average Bonchev–Trinajstić information content (AvgIpc) is 2.62. The molecule has 1 aromatic heterocycles. The largest absolute Gasteiger partial charge is 0.378 e.